The van der Waals surface area contributed by atoms with Crippen molar-refractivity contribution < 1.29 is 14.3 Å². The van der Waals surface area contributed by atoms with Crippen LogP contribution in [0.3, 0.4) is 0 Å². The molecule has 0 atom stereocenters. The van der Waals surface area contributed by atoms with E-state index >= 15 is 0 Å². The van der Waals surface area contributed by atoms with Crippen LogP contribution in [0.25, 0.3) is 11.3 Å². The number of carbonyl (C=O) groups excluding carboxylic acids is 2. The number of likely N-dealkylation sites (tertiary alicyclic amines) is 1. The van der Waals surface area contributed by atoms with Crippen LogP contribution in [-0.4, -0.2) is 52.7 Å². The number of methoxy groups -OCH3 is 1. The molecule has 0 radical (unpaired) electrons. The molecule has 0 spiro atoms. The van der Waals surface area contributed by atoms with E-state index in [1.165, 1.54) is 6.92 Å². The van der Waals surface area contributed by atoms with Gasteiger partial charge >= 0.3 is 0 Å². The van der Waals surface area contributed by atoms with Gasteiger partial charge in [0.25, 0.3) is 5.91 Å². The zero-order valence-electron chi connectivity index (χ0n) is 18.5. The molecule has 2 amide bonds. The number of piperidine rings is 1. The molecule has 3 aromatic rings. The molecular formula is C25H28N4O3. The Kier molecular flexibility index (Phi) is 6.54. The van der Waals surface area contributed by atoms with Crippen molar-refractivity contribution in [1.29, 1.82) is 0 Å². The molecule has 1 aliphatic heterocycles. The second-order valence-corrected chi connectivity index (χ2v) is 8.07. The molecule has 7 nitrogen and oxygen atoms in total. The van der Waals surface area contributed by atoms with Crippen LogP contribution in [0.5, 0.6) is 5.75 Å². The summed E-state index contributed by atoms with van der Waals surface area (Å²) in [5.41, 5.74) is 3.18. The zero-order valence-corrected chi connectivity index (χ0v) is 18.5. The highest BCUT2D eigenvalue weighted by atomic mass is 16.5. The van der Waals surface area contributed by atoms with Gasteiger partial charge < -0.3 is 15.0 Å². The molecule has 32 heavy (non-hydrogen) atoms. The summed E-state index contributed by atoms with van der Waals surface area (Å²) in [7, 11) is 1.62. The number of amides is 2. The number of aromatic nitrogens is 2. The number of hydrogen-bond acceptors (Lipinski definition) is 4. The summed E-state index contributed by atoms with van der Waals surface area (Å²) in [5, 5.41) is 7.73. The molecule has 0 bridgehead atoms. The summed E-state index contributed by atoms with van der Waals surface area (Å²) in [6, 6.07) is 17.8. The number of rotatable bonds is 6. The van der Waals surface area contributed by atoms with E-state index in [2.05, 4.69) is 5.32 Å². The Bertz CT molecular complexity index is 1090. The van der Waals surface area contributed by atoms with E-state index in [-0.39, 0.29) is 17.9 Å². The largest absolute Gasteiger partial charge is 0.497 e. The Morgan fingerprint density at radius 3 is 2.53 bits per heavy atom. The first-order chi connectivity index (χ1) is 15.5. The number of benzene rings is 2. The van der Waals surface area contributed by atoms with Crippen molar-refractivity contribution in [1.82, 2.24) is 20.0 Å². The minimum absolute atomic E-state index is 0.0303. The molecule has 2 heterocycles. The average Bonchev–Trinajstić information content (AvgIpc) is 3.23. The maximum atomic E-state index is 13.5. The molecule has 2 aromatic carbocycles. The topological polar surface area (TPSA) is 76.5 Å². The summed E-state index contributed by atoms with van der Waals surface area (Å²) >= 11 is 0. The first kappa shape index (κ1) is 21.6. The Hall–Kier alpha value is -3.61. The van der Waals surface area contributed by atoms with Crippen LogP contribution >= 0.6 is 0 Å². The number of nitrogens with zero attached hydrogens (tertiary/aromatic N) is 3. The van der Waals surface area contributed by atoms with Gasteiger partial charge in [0.05, 0.1) is 19.2 Å². The number of hydrogen-bond donors (Lipinski definition) is 1. The third-order valence-electron chi connectivity index (χ3n) is 5.71. The highest BCUT2D eigenvalue weighted by Gasteiger charge is 2.27. The monoisotopic (exact) mass is 432 g/mol. The second kappa shape index (κ2) is 9.68. The van der Waals surface area contributed by atoms with Crippen LogP contribution < -0.4 is 10.1 Å². The van der Waals surface area contributed by atoms with E-state index in [1.54, 1.807) is 7.11 Å². The second-order valence-electron chi connectivity index (χ2n) is 8.07. The van der Waals surface area contributed by atoms with Crippen molar-refractivity contribution in [2.45, 2.75) is 32.4 Å². The highest BCUT2D eigenvalue weighted by molar-refractivity contribution is 6.00. The van der Waals surface area contributed by atoms with Gasteiger partial charge in [-0.05, 0) is 30.5 Å². The lowest BCUT2D eigenvalue weighted by molar-refractivity contribution is -0.119. The lowest BCUT2D eigenvalue weighted by Crippen LogP contribution is -2.46. The fourth-order valence-electron chi connectivity index (χ4n) is 4.10. The van der Waals surface area contributed by atoms with Crippen LogP contribution in [0.1, 0.15) is 35.7 Å². The van der Waals surface area contributed by atoms with E-state index < -0.39 is 0 Å². The Labute approximate surface area is 188 Å². The van der Waals surface area contributed by atoms with Crippen LogP contribution in [0.2, 0.25) is 0 Å². The lowest BCUT2D eigenvalue weighted by atomic mass is 10.0. The van der Waals surface area contributed by atoms with Crippen molar-refractivity contribution >= 4 is 11.8 Å². The third kappa shape index (κ3) is 4.99. The summed E-state index contributed by atoms with van der Waals surface area (Å²) in [6.07, 6.45) is 3.33. The quantitative estimate of drug-likeness (QED) is 0.648. The molecule has 7 heteroatoms. The molecule has 1 saturated heterocycles. The summed E-state index contributed by atoms with van der Waals surface area (Å²) in [6.45, 7) is 3.31. The van der Waals surface area contributed by atoms with Crippen LogP contribution in [0.15, 0.2) is 60.8 Å². The predicted molar refractivity (Wildman–Crippen MR) is 123 cm³/mol. The minimum Gasteiger partial charge on any atom is -0.497 e. The first-order valence-corrected chi connectivity index (χ1v) is 10.9. The fraction of sp³-hybridized carbons (Fsp3) is 0.320. The smallest absolute Gasteiger partial charge is 0.257 e. The molecule has 4 rings (SSSR count). The molecule has 0 aliphatic carbocycles. The van der Waals surface area contributed by atoms with E-state index in [0.717, 1.165) is 29.7 Å². The Morgan fingerprint density at radius 2 is 1.84 bits per heavy atom. The van der Waals surface area contributed by atoms with Crippen molar-refractivity contribution in [2.75, 3.05) is 20.2 Å². The molecule has 1 aromatic heterocycles. The third-order valence-corrected chi connectivity index (χ3v) is 5.71. The average molecular weight is 433 g/mol. The van der Waals surface area contributed by atoms with E-state index in [1.807, 2.05) is 70.4 Å². The molecule has 0 unspecified atom stereocenters. The first-order valence-electron chi connectivity index (χ1n) is 10.9. The van der Waals surface area contributed by atoms with Crippen LogP contribution in [0.4, 0.5) is 0 Å². The van der Waals surface area contributed by atoms with Gasteiger partial charge in [0.15, 0.2) is 0 Å². The van der Waals surface area contributed by atoms with Crippen molar-refractivity contribution in [2.24, 2.45) is 0 Å². The molecule has 1 fully saturated rings. The normalized spacial score (nSPS) is 14.2. The van der Waals surface area contributed by atoms with E-state index in [0.29, 0.717) is 30.9 Å². The van der Waals surface area contributed by atoms with Crippen LogP contribution in [-0.2, 0) is 11.3 Å². The fourth-order valence-corrected chi connectivity index (χ4v) is 4.10. The summed E-state index contributed by atoms with van der Waals surface area (Å²) < 4.78 is 7.20. The molecule has 166 valence electrons. The predicted octanol–water partition coefficient (Wildman–Crippen LogP) is 3.35. The van der Waals surface area contributed by atoms with Gasteiger partial charge in [-0.1, -0.05) is 42.5 Å². The van der Waals surface area contributed by atoms with Gasteiger partial charge in [-0.15, -0.1) is 0 Å². The standard InChI is InChI=1S/C25H28N4O3/c1-18(30)26-21-11-13-28(14-12-21)25(31)23-17-29(16-19-7-4-3-5-8-19)27-24(23)20-9-6-10-22(15-20)32-2/h3-10,15,17,21H,11-14,16H2,1-2H3,(H,26,30). The SMILES string of the molecule is COc1cccc(-c2nn(Cc3ccccc3)cc2C(=O)N2CCC(NC(C)=O)CC2)c1. The minimum atomic E-state index is -0.0385. The maximum Gasteiger partial charge on any atom is 0.257 e. The van der Waals surface area contributed by atoms with Gasteiger partial charge in [-0.2, -0.15) is 5.10 Å². The Morgan fingerprint density at radius 1 is 1.09 bits per heavy atom. The summed E-state index contributed by atoms with van der Waals surface area (Å²) in [5.74, 6) is 0.648. The van der Waals surface area contributed by atoms with Gasteiger partial charge in [-0.25, -0.2) is 0 Å². The summed E-state index contributed by atoms with van der Waals surface area (Å²) in [4.78, 5) is 26.7. The highest BCUT2D eigenvalue weighted by Crippen LogP contribution is 2.28. The zero-order chi connectivity index (χ0) is 22.5. The van der Waals surface area contributed by atoms with E-state index in [9.17, 15) is 9.59 Å². The molecule has 1 N–H and O–H groups in total. The van der Waals surface area contributed by atoms with Crippen LogP contribution in [0, 0.1) is 0 Å². The Balaban J connectivity index is 1.62. The van der Waals surface area contributed by atoms with Crippen molar-refractivity contribution in [3.63, 3.8) is 0 Å². The maximum absolute atomic E-state index is 13.5. The van der Waals surface area contributed by atoms with Gasteiger partial charge in [0, 0.05) is 37.8 Å². The number of carbonyl (C=O) groups is 2. The van der Waals surface area contributed by atoms with Gasteiger partial charge in [-0.3, -0.25) is 14.3 Å². The lowest BCUT2D eigenvalue weighted by Gasteiger charge is -2.32. The van der Waals surface area contributed by atoms with Gasteiger partial charge in [0.1, 0.15) is 11.4 Å². The number of ether oxygens (including phenoxy) is 1. The molecular weight excluding hydrogens is 404 g/mol. The van der Waals surface area contributed by atoms with Crippen molar-refractivity contribution in [3.8, 4) is 17.0 Å². The van der Waals surface area contributed by atoms with Gasteiger partial charge in [0.2, 0.25) is 5.91 Å². The number of nitrogens with one attached hydrogen (secondary N) is 1. The van der Waals surface area contributed by atoms with Crippen molar-refractivity contribution in [3.05, 3.63) is 71.9 Å². The van der Waals surface area contributed by atoms with E-state index in [4.69, 9.17) is 9.84 Å². The molecule has 0 saturated carbocycles. The molecule has 1 aliphatic rings.